The Labute approximate surface area is 145 Å². The molecular weight excluding hydrogens is 324 g/mol. The minimum absolute atomic E-state index is 0.181. The van der Waals surface area contributed by atoms with Gasteiger partial charge in [0.1, 0.15) is 17.3 Å². The molecule has 1 aliphatic rings. The van der Waals surface area contributed by atoms with E-state index in [0.717, 1.165) is 28.3 Å². The molecule has 0 fully saturated rings. The average molecular weight is 341 g/mol. The molecule has 0 saturated carbocycles. The number of aryl methyl sites for hydroxylation is 1. The van der Waals surface area contributed by atoms with Crippen molar-refractivity contribution >= 4 is 29.4 Å². The molecule has 122 valence electrons. The lowest BCUT2D eigenvalue weighted by Crippen LogP contribution is -2.24. The number of hydrogen-bond donors (Lipinski definition) is 1. The number of amides is 1. The van der Waals surface area contributed by atoms with Gasteiger partial charge >= 0.3 is 0 Å². The summed E-state index contributed by atoms with van der Waals surface area (Å²) in [6, 6.07) is 15.2. The van der Waals surface area contributed by atoms with Crippen molar-refractivity contribution in [1.82, 2.24) is 5.32 Å². The summed E-state index contributed by atoms with van der Waals surface area (Å²) in [5.41, 5.74) is 2.36. The van der Waals surface area contributed by atoms with Gasteiger partial charge in [-0.05, 0) is 41.8 Å². The number of hydrogen-bond acceptors (Lipinski definition) is 3. The maximum atomic E-state index is 12.0. The first kappa shape index (κ1) is 16.3. The number of methoxy groups -OCH3 is 1. The van der Waals surface area contributed by atoms with Crippen LogP contribution in [0, 0.1) is 0 Å². The predicted molar refractivity (Wildman–Crippen MR) is 96.3 cm³/mol. The molecule has 24 heavy (non-hydrogen) atoms. The normalized spacial score (nSPS) is 15.3. The van der Waals surface area contributed by atoms with Crippen molar-refractivity contribution in [3.8, 4) is 5.75 Å². The first-order valence-corrected chi connectivity index (χ1v) is 8.01. The minimum Gasteiger partial charge on any atom is -0.497 e. The van der Waals surface area contributed by atoms with E-state index in [9.17, 15) is 4.79 Å². The second-order valence-corrected chi connectivity index (χ2v) is 5.81. The molecule has 1 heterocycles. The third-order valence-electron chi connectivity index (χ3n) is 3.75. The molecule has 2 aromatic rings. The molecule has 4 nitrogen and oxygen atoms in total. The first-order valence-electron chi connectivity index (χ1n) is 7.64. The lowest BCUT2D eigenvalue weighted by Gasteiger charge is -2.03. The predicted octanol–water partition coefficient (Wildman–Crippen LogP) is 3.85. The van der Waals surface area contributed by atoms with E-state index in [2.05, 4.69) is 10.3 Å². The molecule has 3 rings (SSSR count). The van der Waals surface area contributed by atoms with Gasteiger partial charge in [-0.2, -0.15) is 0 Å². The Morgan fingerprint density at radius 1 is 1.12 bits per heavy atom. The van der Waals surface area contributed by atoms with Crippen molar-refractivity contribution in [2.75, 3.05) is 7.11 Å². The van der Waals surface area contributed by atoms with Crippen LogP contribution in [0.4, 0.5) is 0 Å². The number of rotatable bonds is 5. The molecule has 2 aromatic carbocycles. The topological polar surface area (TPSA) is 50.7 Å². The Morgan fingerprint density at radius 2 is 1.88 bits per heavy atom. The summed E-state index contributed by atoms with van der Waals surface area (Å²) in [5, 5.41) is 3.54. The minimum atomic E-state index is -0.181. The Balaban J connectivity index is 1.70. The number of benzene rings is 2. The van der Waals surface area contributed by atoms with Crippen molar-refractivity contribution in [3.05, 3.63) is 70.4 Å². The third-order valence-corrected chi connectivity index (χ3v) is 4.12. The van der Waals surface area contributed by atoms with Gasteiger partial charge in [0.2, 0.25) is 0 Å². The van der Waals surface area contributed by atoms with Crippen LogP contribution in [0.25, 0.3) is 6.08 Å². The number of ether oxygens (including phenoxy) is 1. The number of carbonyl (C=O) groups is 1. The summed E-state index contributed by atoms with van der Waals surface area (Å²) >= 11 is 6.15. The number of nitrogens with one attached hydrogen (secondary N) is 1. The highest BCUT2D eigenvalue weighted by molar-refractivity contribution is 6.31. The molecule has 0 spiro atoms. The fraction of sp³-hybridized carbons (Fsp3) is 0.158. The van der Waals surface area contributed by atoms with Crippen LogP contribution in [-0.2, 0) is 11.2 Å². The van der Waals surface area contributed by atoms with E-state index < -0.39 is 0 Å². The highest BCUT2D eigenvalue weighted by Crippen LogP contribution is 2.19. The standard InChI is InChI=1S/C19H17ClN2O2/c1-24-15-9-6-13(7-10-15)12-17-19(23)22-18(21-17)11-8-14-4-2-3-5-16(14)20/h2-7,9-10,12H,8,11H2,1H3,(H,21,22,23)/b17-12+. The molecule has 0 aliphatic carbocycles. The van der Waals surface area contributed by atoms with Gasteiger partial charge in [0.15, 0.2) is 0 Å². The summed E-state index contributed by atoms with van der Waals surface area (Å²) < 4.78 is 5.12. The molecule has 0 saturated heterocycles. The van der Waals surface area contributed by atoms with Gasteiger partial charge in [-0.15, -0.1) is 0 Å². The molecule has 1 N–H and O–H groups in total. The number of nitrogens with zero attached hydrogens (tertiary/aromatic N) is 1. The van der Waals surface area contributed by atoms with Crippen LogP contribution in [0.15, 0.2) is 59.2 Å². The molecule has 0 atom stereocenters. The number of carbonyl (C=O) groups excluding carboxylic acids is 1. The van der Waals surface area contributed by atoms with Crippen LogP contribution in [0.5, 0.6) is 5.75 Å². The van der Waals surface area contributed by atoms with Gasteiger partial charge in [-0.3, -0.25) is 4.79 Å². The SMILES string of the molecule is COc1ccc(/C=C2/N=C(CCc3ccccc3Cl)NC2=O)cc1. The van der Waals surface area contributed by atoms with Crippen molar-refractivity contribution in [2.24, 2.45) is 4.99 Å². The summed E-state index contributed by atoms with van der Waals surface area (Å²) in [6.07, 6.45) is 3.13. The molecule has 1 aliphatic heterocycles. The second-order valence-electron chi connectivity index (χ2n) is 5.41. The Morgan fingerprint density at radius 3 is 2.58 bits per heavy atom. The van der Waals surface area contributed by atoms with Crippen molar-refractivity contribution in [2.45, 2.75) is 12.8 Å². The van der Waals surface area contributed by atoms with Crippen molar-refractivity contribution in [3.63, 3.8) is 0 Å². The summed E-state index contributed by atoms with van der Waals surface area (Å²) in [4.78, 5) is 16.4. The highest BCUT2D eigenvalue weighted by atomic mass is 35.5. The number of amidine groups is 1. The Bertz CT molecular complexity index is 810. The van der Waals surface area contributed by atoms with Crippen LogP contribution < -0.4 is 10.1 Å². The van der Waals surface area contributed by atoms with Gasteiger partial charge in [0.05, 0.1) is 7.11 Å². The summed E-state index contributed by atoms with van der Waals surface area (Å²) in [5.74, 6) is 1.26. The Hall–Kier alpha value is -2.59. The van der Waals surface area contributed by atoms with E-state index in [1.54, 1.807) is 13.2 Å². The van der Waals surface area contributed by atoms with Gasteiger partial charge < -0.3 is 10.1 Å². The fourth-order valence-electron chi connectivity index (χ4n) is 2.45. The molecular formula is C19H17ClN2O2. The van der Waals surface area contributed by atoms with Gasteiger partial charge in [0, 0.05) is 11.4 Å². The third kappa shape index (κ3) is 3.84. The molecule has 5 heteroatoms. The zero-order valence-corrected chi connectivity index (χ0v) is 14.0. The average Bonchev–Trinajstić information content (AvgIpc) is 2.94. The van der Waals surface area contributed by atoms with E-state index in [1.165, 1.54) is 0 Å². The van der Waals surface area contributed by atoms with Crippen molar-refractivity contribution < 1.29 is 9.53 Å². The van der Waals surface area contributed by atoms with Crippen LogP contribution in [0.1, 0.15) is 17.5 Å². The maximum absolute atomic E-state index is 12.0. The van der Waals surface area contributed by atoms with Crippen LogP contribution in [0.2, 0.25) is 5.02 Å². The van der Waals surface area contributed by atoms with Gasteiger partial charge in [-0.25, -0.2) is 4.99 Å². The van der Waals surface area contributed by atoms with Crippen LogP contribution >= 0.6 is 11.6 Å². The van der Waals surface area contributed by atoms with Crippen molar-refractivity contribution in [1.29, 1.82) is 0 Å². The van der Waals surface area contributed by atoms with E-state index >= 15 is 0 Å². The monoisotopic (exact) mass is 340 g/mol. The quantitative estimate of drug-likeness (QED) is 0.840. The van der Waals surface area contributed by atoms with E-state index in [0.29, 0.717) is 18.0 Å². The van der Waals surface area contributed by atoms with E-state index in [1.807, 2.05) is 48.5 Å². The number of halogens is 1. The molecule has 0 bridgehead atoms. The lowest BCUT2D eigenvalue weighted by molar-refractivity contribution is -0.115. The highest BCUT2D eigenvalue weighted by Gasteiger charge is 2.19. The van der Waals surface area contributed by atoms with Gasteiger partial charge in [-0.1, -0.05) is 41.9 Å². The van der Waals surface area contributed by atoms with E-state index in [-0.39, 0.29) is 5.91 Å². The zero-order chi connectivity index (χ0) is 16.9. The summed E-state index contributed by atoms with van der Waals surface area (Å²) in [7, 11) is 1.62. The lowest BCUT2D eigenvalue weighted by atomic mass is 10.1. The van der Waals surface area contributed by atoms with E-state index in [4.69, 9.17) is 16.3 Å². The van der Waals surface area contributed by atoms with Crippen LogP contribution in [0.3, 0.4) is 0 Å². The fourth-order valence-corrected chi connectivity index (χ4v) is 2.68. The summed E-state index contributed by atoms with van der Waals surface area (Å²) in [6.45, 7) is 0. The Kier molecular flexibility index (Phi) is 4.96. The first-order chi connectivity index (χ1) is 11.7. The maximum Gasteiger partial charge on any atom is 0.275 e. The largest absolute Gasteiger partial charge is 0.497 e. The second kappa shape index (κ2) is 7.32. The zero-order valence-electron chi connectivity index (χ0n) is 13.3. The molecule has 0 unspecified atom stereocenters. The van der Waals surface area contributed by atoms with Gasteiger partial charge in [0.25, 0.3) is 5.91 Å². The molecule has 0 radical (unpaired) electrons. The number of aliphatic imine (C=N–C) groups is 1. The molecule has 1 amide bonds. The smallest absolute Gasteiger partial charge is 0.275 e. The van der Waals surface area contributed by atoms with Crippen LogP contribution in [-0.4, -0.2) is 18.9 Å². The molecule has 0 aromatic heterocycles.